The lowest BCUT2D eigenvalue weighted by molar-refractivity contribution is 0.0657. The first kappa shape index (κ1) is 10.2. The van der Waals surface area contributed by atoms with E-state index in [2.05, 4.69) is 4.42 Å². The van der Waals surface area contributed by atoms with E-state index in [0.717, 1.165) is 6.07 Å². The van der Waals surface area contributed by atoms with Crippen molar-refractivity contribution in [2.24, 2.45) is 0 Å². The quantitative estimate of drug-likeness (QED) is 0.727. The van der Waals surface area contributed by atoms with Gasteiger partial charge < -0.3 is 14.6 Å². The van der Waals surface area contributed by atoms with E-state index < -0.39 is 17.4 Å². The normalized spacial score (nSPS) is 10.6. The number of hydrogen-bond donors (Lipinski definition) is 2. The van der Waals surface area contributed by atoms with Crippen LogP contribution in [0.4, 0.5) is 0 Å². The van der Waals surface area contributed by atoms with Crippen molar-refractivity contribution in [1.29, 1.82) is 0 Å². The van der Waals surface area contributed by atoms with E-state index in [-0.39, 0.29) is 6.61 Å². The molecule has 0 atom stereocenters. The van der Waals surface area contributed by atoms with Crippen molar-refractivity contribution in [3.05, 3.63) is 40.0 Å². The molecule has 0 saturated carbocycles. The predicted molar refractivity (Wildman–Crippen MR) is 48.1 cm³/mol. The maximum absolute atomic E-state index is 10.9. The Morgan fingerprint density at radius 3 is 2.79 bits per heavy atom. The average Bonchev–Trinajstić information content (AvgIpc) is 2.14. The molecule has 0 bridgehead atoms. The van der Waals surface area contributed by atoms with Gasteiger partial charge in [-0.3, -0.25) is 0 Å². The van der Waals surface area contributed by atoms with Crippen molar-refractivity contribution in [2.75, 3.05) is 6.61 Å². The number of carboxylic acid groups (broad SMARTS) is 1. The smallest absolute Gasteiger partial charge is 0.371 e. The number of hydrogen-bond acceptors (Lipinski definition) is 4. The standard InChI is InChI=1S/C9H8O5/c10-3-1-2-6-4-7(9(12)13)14-8(11)5-6/h1-2,4-5,10H,3H2,(H,12,13)/b2-1+. The van der Waals surface area contributed by atoms with Crippen LogP contribution >= 0.6 is 0 Å². The molecule has 0 aliphatic heterocycles. The first-order valence-corrected chi connectivity index (χ1v) is 3.79. The maximum atomic E-state index is 10.9. The number of carbonyl (C=O) groups is 1. The Morgan fingerprint density at radius 1 is 1.50 bits per heavy atom. The summed E-state index contributed by atoms with van der Waals surface area (Å²) < 4.78 is 4.41. The van der Waals surface area contributed by atoms with Crippen molar-refractivity contribution in [2.45, 2.75) is 0 Å². The number of aliphatic hydroxyl groups is 1. The van der Waals surface area contributed by atoms with Gasteiger partial charge >= 0.3 is 11.6 Å². The molecule has 0 radical (unpaired) electrons. The third-order valence-electron chi connectivity index (χ3n) is 1.42. The first-order valence-electron chi connectivity index (χ1n) is 3.79. The number of aromatic carboxylic acids is 1. The highest BCUT2D eigenvalue weighted by Crippen LogP contribution is 2.03. The van der Waals surface area contributed by atoms with Crippen LogP contribution in [0.5, 0.6) is 0 Å². The first-order chi connectivity index (χ1) is 6.63. The molecule has 5 nitrogen and oxygen atoms in total. The Kier molecular flexibility index (Phi) is 3.19. The molecule has 1 rings (SSSR count). The van der Waals surface area contributed by atoms with Gasteiger partial charge in [0.25, 0.3) is 0 Å². The van der Waals surface area contributed by atoms with E-state index in [1.807, 2.05) is 0 Å². The Morgan fingerprint density at radius 2 is 2.21 bits per heavy atom. The van der Waals surface area contributed by atoms with Crippen LogP contribution in [0.1, 0.15) is 16.1 Å². The summed E-state index contributed by atoms with van der Waals surface area (Å²) in [5.41, 5.74) is -0.352. The second kappa shape index (κ2) is 4.38. The molecule has 0 fully saturated rings. The third kappa shape index (κ3) is 2.56. The average molecular weight is 196 g/mol. The number of rotatable bonds is 3. The topological polar surface area (TPSA) is 87.7 Å². The van der Waals surface area contributed by atoms with Crippen molar-refractivity contribution in [3.63, 3.8) is 0 Å². The molecular weight excluding hydrogens is 188 g/mol. The lowest BCUT2D eigenvalue weighted by atomic mass is 10.2. The van der Waals surface area contributed by atoms with Crippen molar-refractivity contribution in [3.8, 4) is 0 Å². The Labute approximate surface area is 78.9 Å². The summed E-state index contributed by atoms with van der Waals surface area (Å²) in [4.78, 5) is 21.3. The molecule has 5 heteroatoms. The van der Waals surface area contributed by atoms with E-state index in [1.165, 1.54) is 18.2 Å². The second-order valence-electron chi connectivity index (χ2n) is 2.46. The summed E-state index contributed by atoms with van der Waals surface area (Å²) in [6, 6.07) is 2.34. The third-order valence-corrected chi connectivity index (χ3v) is 1.42. The lowest BCUT2D eigenvalue weighted by Crippen LogP contribution is -2.05. The molecule has 0 unspecified atom stereocenters. The highest BCUT2D eigenvalue weighted by molar-refractivity contribution is 5.84. The summed E-state index contributed by atoms with van der Waals surface area (Å²) in [6.45, 7) is -0.178. The molecule has 2 N–H and O–H groups in total. The fraction of sp³-hybridized carbons (Fsp3) is 0.111. The van der Waals surface area contributed by atoms with Crippen LogP contribution in [-0.4, -0.2) is 22.8 Å². The molecule has 0 saturated heterocycles. The zero-order chi connectivity index (χ0) is 10.6. The van der Waals surface area contributed by atoms with Gasteiger partial charge in [-0.15, -0.1) is 0 Å². The van der Waals surface area contributed by atoms with Gasteiger partial charge in [-0.05, 0) is 11.6 Å². The van der Waals surface area contributed by atoms with E-state index in [0.29, 0.717) is 5.56 Å². The fourth-order valence-electron chi connectivity index (χ4n) is 0.887. The SMILES string of the molecule is O=C(O)c1cc(/C=C/CO)cc(=O)o1. The molecule has 0 spiro atoms. The van der Waals surface area contributed by atoms with Crippen LogP contribution in [0, 0.1) is 0 Å². The minimum atomic E-state index is -1.30. The molecular formula is C9H8O5. The van der Waals surface area contributed by atoms with Crippen LogP contribution in [0.15, 0.2) is 27.4 Å². The van der Waals surface area contributed by atoms with Gasteiger partial charge in [0, 0.05) is 6.07 Å². The van der Waals surface area contributed by atoms with Gasteiger partial charge in [-0.25, -0.2) is 9.59 Å². The highest BCUT2D eigenvalue weighted by atomic mass is 16.4. The Balaban J connectivity index is 3.14. The van der Waals surface area contributed by atoms with Crippen LogP contribution in [0.25, 0.3) is 6.08 Å². The van der Waals surface area contributed by atoms with Crippen LogP contribution < -0.4 is 5.63 Å². The largest absolute Gasteiger partial charge is 0.475 e. The van der Waals surface area contributed by atoms with Gasteiger partial charge in [0.15, 0.2) is 0 Å². The van der Waals surface area contributed by atoms with Crippen LogP contribution in [-0.2, 0) is 0 Å². The Hall–Kier alpha value is -1.88. The van der Waals surface area contributed by atoms with Gasteiger partial charge in [-0.1, -0.05) is 12.2 Å². The second-order valence-corrected chi connectivity index (χ2v) is 2.46. The summed E-state index contributed by atoms with van der Waals surface area (Å²) in [5, 5.41) is 17.0. The molecule has 0 aromatic carbocycles. The van der Waals surface area contributed by atoms with E-state index in [4.69, 9.17) is 10.2 Å². The number of aliphatic hydroxyl groups excluding tert-OH is 1. The predicted octanol–water partition coefficient (Wildman–Crippen LogP) is 0.344. The molecule has 1 heterocycles. The molecule has 0 aliphatic carbocycles. The summed E-state index contributed by atoms with van der Waals surface area (Å²) in [5.74, 6) is -1.73. The highest BCUT2D eigenvalue weighted by Gasteiger charge is 2.07. The monoisotopic (exact) mass is 196 g/mol. The maximum Gasteiger partial charge on any atom is 0.371 e. The fourth-order valence-corrected chi connectivity index (χ4v) is 0.887. The van der Waals surface area contributed by atoms with Gasteiger partial charge in [0.2, 0.25) is 5.76 Å². The van der Waals surface area contributed by atoms with Gasteiger partial charge in [0.05, 0.1) is 6.61 Å². The molecule has 0 amide bonds. The summed E-state index contributed by atoms with van der Waals surface area (Å²) in [7, 11) is 0. The minimum Gasteiger partial charge on any atom is -0.475 e. The molecule has 0 aliphatic rings. The van der Waals surface area contributed by atoms with E-state index in [9.17, 15) is 9.59 Å². The van der Waals surface area contributed by atoms with Crippen LogP contribution in [0.3, 0.4) is 0 Å². The molecule has 1 aromatic heterocycles. The van der Waals surface area contributed by atoms with Gasteiger partial charge in [-0.2, -0.15) is 0 Å². The minimum absolute atomic E-state index is 0.178. The zero-order valence-electron chi connectivity index (χ0n) is 7.14. The lowest BCUT2D eigenvalue weighted by Gasteiger charge is -1.94. The zero-order valence-corrected chi connectivity index (χ0v) is 7.14. The van der Waals surface area contributed by atoms with E-state index in [1.54, 1.807) is 0 Å². The molecule has 74 valence electrons. The number of carboxylic acids is 1. The van der Waals surface area contributed by atoms with E-state index >= 15 is 0 Å². The van der Waals surface area contributed by atoms with Gasteiger partial charge in [0.1, 0.15) is 0 Å². The Bertz CT molecular complexity index is 415. The van der Waals surface area contributed by atoms with Crippen molar-refractivity contribution in [1.82, 2.24) is 0 Å². The van der Waals surface area contributed by atoms with Crippen LogP contribution in [0.2, 0.25) is 0 Å². The molecule has 1 aromatic rings. The van der Waals surface area contributed by atoms with Crippen molar-refractivity contribution < 1.29 is 19.4 Å². The summed E-state index contributed by atoms with van der Waals surface area (Å²) >= 11 is 0. The summed E-state index contributed by atoms with van der Waals surface area (Å²) in [6.07, 6.45) is 2.82. The molecule has 14 heavy (non-hydrogen) atoms. The van der Waals surface area contributed by atoms with Crippen molar-refractivity contribution >= 4 is 12.0 Å².